The Bertz CT molecular complexity index is 502. The molecule has 2 aromatic rings. The first-order valence-corrected chi connectivity index (χ1v) is 5.44. The molecule has 0 heterocycles. The van der Waals surface area contributed by atoms with E-state index in [-0.39, 0.29) is 0 Å². The molecule has 2 aromatic carbocycles. The molecule has 0 saturated heterocycles. The van der Waals surface area contributed by atoms with Crippen molar-refractivity contribution < 1.29 is 8.78 Å². The van der Waals surface area contributed by atoms with Crippen LogP contribution in [0, 0.1) is 25.5 Å². The first-order chi connectivity index (χ1) is 7.59. The minimum atomic E-state index is -0.788. The number of benzene rings is 2. The Kier molecular flexibility index (Phi) is 3.99. The van der Waals surface area contributed by atoms with Gasteiger partial charge in [-0.15, -0.1) is 0 Å². The van der Waals surface area contributed by atoms with Crippen LogP contribution in [0.5, 0.6) is 0 Å². The zero-order valence-electron chi connectivity index (χ0n) is 10.1. The second kappa shape index (κ2) is 5.06. The summed E-state index contributed by atoms with van der Waals surface area (Å²) >= 11 is 0. The highest BCUT2D eigenvalue weighted by molar-refractivity contribution is 5.86. The largest absolute Gasteiger partial charge is 0.204 e. The van der Waals surface area contributed by atoms with Crippen LogP contribution >= 0.6 is 0 Å². The van der Waals surface area contributed by atoms with Gasteiger partial charge in [0.05, 0.1) is 0 Å². The number of hydrogen-bond acceptors (Lipinski definition) is 0. The van der Waals surface area contributed by atoms with E-state index in [1.165, 1.54) is 0 Å². The molecule has 0 amide bonds. The Balaban J connectivity index is 0.000000606. The van der Waals surface area contributed by atoms with Crippen LogP contribution < -0.4 is 0 Å². The first-order valence-electron chi connectivity index (χ1n) is 5.44. The van der Waals surface area contributed by atoms with Crippen molar-refractivity contribution in [1.29, 1.82) is 0 Å². The van der Waals surface area contributed by atoms with E-state index in [1.54, 1.807) is 13.0 Å². The molecule has 16 heavy (non-hydrogen) atoms. The summed E-state index contributed by atoms with van der Waals surface area (Å²) in [5.41, 5.74) is 1.83. The van der Waals surface area contributed by atoms with E-state index in [1.807, 2.05) is 32.9 Å². The first kappa shape index (κ1) is 12.6. The molecule has 0 aliphatic carbocycles. The number of hydrogen-bond donors (Lipinski definition) is 0. The molecule has 86 valence electrons. The lowest BCUT2D eigenvalue weighted by Gasteiger charge is -2.05. The Morgan fingerprint density at radius 1 is 0.938 bits per heavy atom. The van der Waals surface area contributed by atoms with E-state index in [4.69, 9.17) is 0 Å². The molecular formula is C14H16F2. The quantitative estimate of drug-likeness (QED) is 0.602. The molecule has 0 saturated carbocycles. The van der Waals surface area contributed by atoms with Crippen molar-refractivity contribution >= 4 is 10.8 Å². The summed E-state index contributed by atoms with van der Waals surface area (Å²) in [5.74, 6) is -1.54. The highest BCUT2D eigenvalue weighted by atomic mass is 19.2. The molecule has 0 nitrogen and oxygen atoms in total. The van der Waals surface area contributed by atoms with Gasteiger partial charge < -0.3 is 0 Å². The fourth-order valence-corrected chi connectivity index (χ4v) is 1.79. The number of halogens is 2. The van der Waals surface area contributed by atoms with Gasteiger partial charge >= 0.3 is 0 Å². The molecule has 0 bridgehead atoms. The molecule has 2 rings (SSSR count). The van der Waals surface area contributed by atoms with Gasteiger partial charge in [0.15, 0.2) is 11.6 Å². The molecule has 0 radical (unpaired) electrons. The van der Waals surface area contributed by atoms with Gasteiger partial charge in [-0.2, -0.15) is 0 Å². The number of rotatable bonds is 0. The molecule has 0 unspecified atom stereocenters. The third-order valence-electron chi connectivity index (χ3n) is 2.35. The van der Waals surface area contributed by atoms with Crippen LogP contribution in [0.4, 0.5) is 8.78 Å². The smallest absolute Gasteiger partial charge is 0.166 e. The summed E-state index contributed by atoms with van der Waals surface area (Å²) in [6.45, 7) is 7.73. The van der Waals surface area contributed by atoms with Crippen LogP contribution in [0.2, 0.25) is 0 Å². The van der Waals surface area contributed by atoms with E-state index < -0.39 is 11.6 Å². The minimum absolute atomic E-state index is 0.385. The highest BCUT2D eigenvalue weighted by Gasteiger charge is 2.09. The summed E-state index contributed by atoms with van der Waals surface area (Å²) < 4.78 is 26.4. The van der Waals surface area contributed by atoms with E-state index in [2.05, 4.69) is 0 Å². The van der Waals surface area contributed by atoms with Crippen molar-refractivity contribution in [2.75, 3.05) is 0 Å². The van der Waals surface area contributed by atoms with Crippen molar-refractivity contribution in [3.8, 4) is 0 Å². The van der Waals surface area contributed by atoms with Crippen molar-refractivity contribution in [3.05, 3.63) is 47.0 Å². The predicted molar refractivity (Wildman–Crippen MR) is 64.7 cm³/mol. The second-order valence-electron chi connectivity index (χ2n) is 3.54. The second-order valence-corrected chi connectivity index (χ2v) is 3.54. The zero-order valence-corrected chi connectivity index (χ0v) is 10.1. The van der Waals surface area contributed by atoms with E-state index in [0.717, 1.165) is 22.6 Å². The van der Waals surface area contributed by atoms with Crippen LogP contribution in [0.3, 0.4) is 0 Å². The van der Waals surface area contributed by atoms with Gasteiger partial charge in [-0.1, -0.05) is 37.6 Å². The average molecular weight is 222 g/mol. The van der Waals surface area contributed by atoms with Crippen molar-refractivity contribution in [1.82, 2.24) is 0 Å². The van der Waals surface area contributed by atoms with Gasteiger partial charge in [0.25, 0.3) is 0 Å². The molecule has 0 spiro atoms. The Morgan fingerprint density at radius 3 is 2.19 bits per heavy atom. The summed E-state index contributed by atoms with van der Waals surface area (Å²) in [6, 6.07) is 6.47. The van der Waals surface area contributed by atoms with Crippen LogP contribution in [-0.4, -0.2) is 0 Å². The maximum atomic E-state index is 13.4. The Morgan fingerprint density at radius 2 is 1.56 bits per heavy atom. The molecular weight excluding hydrogens is 206 g/mol. The topological polar surface area (TPSA) is 0 Å². The fraction of sp³-hybridized carbons (Fsp3) is 0.286. The Hall–Kier alpha value is -1.44. The third-order valence-corrected chi connectivity index (χ3v) is 2.35. The highest BCUT2D eigenvalue weighted by Crippen LogP contribution is 2.24. The van der Waals surface area contributed by atoms with Crippen molar-refractivity contribution in [2.24, 2.45) is 0 Å². The van der Waals surface area contributed by atoms with Gasteiger partial charge in [0.2, 0.25) is 0 Å². The summed E-state index contributed by atoms with van der Waals surface area (Å²) in [6.07, 6.45) is 0. The molecule has 0 aromatic heterocycles. The normalized spacial score (nSPS) is 9.88. The maximum Gasteiger partial charge on any atom is 0.166 e. The fourth-order valence-electron chi connectivity index (χ4n) is 1.79. The molecule has 0 fully saturated rings. The van der Waals surface area contributed by atoms with E-state index in [0.29, 0.717) is 5.39 Å². The van der Waals surface area contributed by atoms with Gasteiger partial charge in [0.1, 0.15) is 0 Å². The maximum absolute atomic E-state index is 13.4. The van der Waals surface area contributed by atoms with Gasteiger partial charge in [-0.3, -0.25) is 0 Å². The monoisotopic (exact) mass is 222 g/mol. The van der Waals surface area contributed by atoms with E-state index in [9.17, 15) is 8.78 Å². The van der Waals surface area contributed by atoms with Crippen molar-refractivity contribution in [2.45, 2.75) is 27.7 Å². The van der Waals surface area contributed by atoms with Crippen LogP contribution in [0.15, 0.2) is 24.3 Å². The van der Waals surface area contributed by atoms with E-state index >= 15 is 0 Å². The molecule has 0 aliphatic heterocycles. The summed E-state index contributed by atoms with van der Waals surface area (Å²) in [7, 11) is 0. The standard InChI is InChI=1S/C12H10F2.C2H6/c1-7-5-8(2)11-9(6-7)3-4-10(13)12(11)14;1-2/h3-6H,1-2H3;1-2H3. The zero-order chi connectivity index (χ0) is 12.3. The number of fused-ring (bicyclic) bond motifs is 1. The third kappa shape index (κ3) is 2.21. The average Bonchev–Trinajstić information content (AvgIpc) is 2.26. The minimum Gasteiger partial charge on any atom is -0.204 e. The van der Waals surface area contributed by atoms with Crippen LogP contribution in [0.25, 0.3) is 10.8 Å². The van der Waals surface area contributed by atoms with Gasteiger partial charge in [-0.25, -0.2) is 8.78 Å². The lowest BCUT2D eigenvalue weighted by atomic mass is 10.0. The number of aryl methyl sites for hydroxylation is 2. The lowest BCUT2D eigenvalue weighted by Crippen LogP contribution is -1.90. The predicted octanol–water partition coefficient (Wildman–Crippen LogP) is 4.76. The van der Waals surface area contributed by atoms with Gasteiger partial charge in [0, 0.05) is 5.39 Å². The van der Waals surface area contributed by atoms with Crippen LogP contribution in [0.1, 0.15) is 25.0 Å². The molecule has 2 heteroatoms. The van der Waals surface area contributed by atoms with Gasteiger partial charge in [-0.05, 0) is 30.9 Å². The SMILES string of the molecule is CC.Cc1cc(C)c2c(F)c(F)ccc2c1. The summed E-state index contributed by atoms with van der Waals surface area (Å²) in [5, 5.41) is 1.14. The molecule has 0 atom stereocenters. The summed E-state index contributed by atoms with van der Waals surface area (Å²) in [4.78, 5) is 0. The molecule has 0 N–H and O–H groups in total. The van der Waals surface area contributed by atoms with Crippen LogP contribution in [-0.2, 0) is 0 Å². The molecule has 0 aliphatic rings. The lowest BCUT2D eigenvalue weighted by molar-refractivity contribution is 0.516. The Labute approximate surface area is 94.9 Å². The van der Waals surface area contributed by atoms with Crippen molar-refractivity contribution in [3.63, 3.8) is 0 Å².